The van der Waals surface area contributed by atoms with Crippen molar-refractivity contribution in [3.8, 4) is 16.8 Å². The van der Waals surface area contributed by atoms with E-state index in [1.54, 1.807) is 4.57 Å². The van der Waals surface area contributed by atoms with Gasteiger partial charge in [0.05, 0.1) is 22.4 Å². The summed E-state index contributed by atoms with van der Waals surface area (Å²) in [5.41, 5.74) is 5.92. The Hall–Kier alpha value is -3.71. The summed E-state index contributed by atoms with van der Waals surface area (Å²) in [7, 11) is 2.15. The third-order valence-corrected chi connectivity index (χ3v) is 6.21. The highest BCUT2D eigenvalue weighted by molar-refractivity contribution is 6.02. The average molecular weight is 410 g/mol. The maximum Gasteiger partial charge on any atom is 0.331 e. The third kappa shape index (κ3) is 2.89. The predicted octanol–water partition coefficient (Wildman–Crippen LogP) is 3.20. The lowest BCUT2D eigenvalue weighted by atomic mass is 10.0. The van der Waals surface area contributed by atoms with Crippen LogP contribution < -0.4 is 10.6 Å². The molecule has 0 spiro atoms. The highest BCUT2D eigenvalue weighted by Crippen LogP contribution is 2.38. The first-order valence-electron chi connectivity index (χ1n) is 10.5. The second-order valence-corrected chi connectivity index (χ2v) is 8.14. The molecular weight excluding hydrogens is 388 g/mol. The summed E-state index contributed by atoms with van der Waals surface area (Å²) in [5, 5.41) is 0. The number of fused-ring (bicyclic) bond motifs is 2. The number of benzene rings is 2. The molecule has 0 radical (unpaired) electrons. The van der Waals surface area contributed by atoms with Crippen LogP contribution in [0.5, 0.6) is 0 Å². The van der Waals surface area contributed by atoms with Gasteiger partial charge >= 0.3 is 5.69 Å². The lowest BCUT2D eigenvalue weighted by molar-refractivity contribution is 0.312. The van der Waals surface area contributed by atoms with E-state index in [0.29, 0.717) is 0 Å². The minimum absolute atomic E-state index is 0.158. The number of aliphatic imine (C=N–C) groups is 1. The largest absolute Gasteiger partial charge is 0.354 e. The van der Waals surface area contributed by atoms with Gasteiger partial charge < -0.3 is 14.8 Å². The van der Waals surface area contributed by atoms with Crippen LogP contribution in [0.25, 0.3) is 27.8 Å². The van der Waals surface area contributed by atoms with Crippen molar-refractivity contribution in [3.63, 3.8) is 0 Å². The van der Waals surface area contributed by atoms with Crippen LogP contribution >= 0.6 is 0 Å². The second-order valence-electron chi connectivity index (χ2n) is 8.14. The van der Waals surface area contributed by atoms with Crippen LogP contribution in [0.15, 0.2) is 64.5 Å². The fourth-order valence-corrected chi connectivity index (χ4v) is 4.50. The summed E-state index contributed by atoms with van der Waals surface area (Å²) in [6.45, 7) is 4.06. The smallest absolute Gasteiger partial charge is 0.331 e. The van der Waals surface area contributed by atoms with Crippen LogP contribution in [0.4, 0.5) is 11.5 Å². The van der Waals surface area contributed by atoms with Crippen molar-refractivity contribution < 1.29 is 0 Å². The number of rotatable bonds is 2. The Kier molecular flexibility index (Phi) is 4.04. The van der Waals surface area contributed by atoms with Crippen molar-refractivity contribution in [2.75, 3.05) is 38.1 Å². The Morgan fingerprint density at radius 1 is 0.968 bits per heavy atom. The quantitative estimate of drug-likeness (QED) is 0.485. The van der Waals surface area contributed by atoms with Crippen LogP contribution in [0, 0.1) is 0 Å². The number of para-hydroxylation sites is 2. The topological polar surface area (TPSA) is 69.5 Å². The van der Waals surface area contributed by atoms with Gasteiger partial charge in [0.2, 0.25) is 0 Å². The van der Waals surface area contributed by atoms with Crippen molar-refractivity contribution in [1.29, 1.82) is 0 Å². The van der Waals surface area contributed by atoms with Gasteiger partial charge in [-0.2, -0.15) is 0 Å². The normalized spacial score (nSPS) is 15.8. The summed E-state index contributed by atoms with van der Waals surface area (Å²) < 4.78 is 1.72. The molecule has 1 N–H and O–H groups in total. The van der Waals surface area contributed by atoms with Crippen LogP contribution in [-0.4, -0.2) is 58.9 Å². The molecule has 4 aromatic rings. The van der Waals surface area contributed by atoms with E-state index in [9.17, 15) is 4.79 Å². The van der Waals surface area contributed by atoms with Gasteiger partial charge in [0.1, 0.15) is 5.82 Å². The Bertz CT molecular complexity index is 1370. The molecule has 0 atom stereocenters. The molecule has 0 bridgehead atoms. The number of nitrogens with zero attached hydrogens (tertiary/aromatic N) is 5. The number of anilines is 1. The first-order chi connectivity index (χ1) is 15.2. The van der Waals surface area contributed by atoms with Gasteiger partial charge in [0.15, 0.2) is 0 Å². The average Bonchev–Trinajstić information content (AvgIpc) is 3.03. The second kappa shape index (κ2) is 6.92. The van der Waals surface area contributed by atoms with Gasteiger partial charge in [-0.25, -0.2) is 9.78 Å². The van der Waals surface area contributed by atoms with Gasteiger partial charge in [0.25, 0.3) is 0 Å². The van der Waals surface area contributed by atoms with E-state index >= 15 is 0 Å². The maximum atomic E-state index is 12.8. The van der Waals surface area contributed by atoms with Gasteiger partial charge in [-0.3, -0.25) is 9.56 Å². The molecule has 7 heteroatoms. The van der Waals surface area contributed by atoms with E-state index in [2.05, 4.69) is 34.0 Å². The number of imidazole rings is 1. The van der Waals surface area contributed by atoms with Crippen molar-refractivity contribution in [1.82, 2.24) is 19.4 Å². The summed E-state index contributed by atoms with van der Waals surface area (Å²) in [4.78, 5) is 29.9. The first kappa shape index (κ1) is 18.1. The Morgan fingerprint density at radius 3 is 2.61 bits per heavy atom. The fraction of sp³-hybridized carbons (Fsp3) is 0.208. The molecule has 1 saturated heterocycles. The molecule has 7 nitrogen and oxygen atoms in total. The van der Waals surface area contributed by atoms with Crippen LogP contribution in [-0.2, 0) is 0 Å². The number of aromatic nitrogens is 3. The summed E-state index contributed by atoms with van der Waals surface area (Å²) in [6.07, 6.45) is 3.75. The number of aromatic amines is 1. The molecule has 0 unspecified atom stereocenters. The zero-order valence-corrected chi connectivity index (χ0v) is 17.2. The van der Waals surface area contributed by atoms with Gasteiger partial charge in [-0.05, 0) is 31.3 Å². The number of H-pyrrole nitrogens is 1. The molecule has 154 valence electrons. The molecule has 2 aliphatic heterocycles. The highest BCUT2D eigenvalue weighted by atomic mass is 16.1. The van der Waals surface area contributed by atoms with Gasteiger partial charge in [-0.1, -0.05) is 24.3 Å². The Balaban J connectivity index is 1.45. The SMILES string of the molecule is CN1CCN(c2ccc(-c3cccc4c3N=Cc3cccc5[nH]c(=O)n-4c35)cn2)CC1. The zero-order chi connectivity index (χ0) is 20.9. The molecule has 31 heavy (non-hydrogen) atoms. The van der Waals surface area contributed by atoms with E-state index in [-0.39, 0.29) is 5.69 Å². The van der Waals surface area contributed by atoms with Crippen molar-refractivity contribution >= 4 is 28.8 Å². The van der Waals surface area contributed by atoms with Gasteiger partial charge in [0, 0.05) is 55.3 Å². The molecule has 2 aliphatic rings. The molecular formula is C24H22N6O. The Morgan fingerprint density at radius 2 is 1.81 bits per heavy atom. The molecule has 2 aromatic heterocycles. The van der Waals surface area contributed by atoms with E-state index in [1.165, 1.54) is 0 Å². The molecule has 1 fully saturated rings. The number of hydrogen-bond acceptors (Lipinski definition) is 5. The lowest BCUT2D eigenvalue weighted by Crippen LogP contribution is -2.44. The van der Waals surface area contributed by atoms with Crippen molar-refractivity contribution in [2.24, 2.45) is 4.99 Å². The molecule has 4 heterocycles. The van der Waals surface area contributed by atoms with Crippen LogP contribution in [0.2, 0.25) is 0 Å². The highest BCUT2D eigenvalue weighted by Gasteiger charge is 2.20. The Labute approximate surface area is 179 Å². The van der Waals surface area contributed by atoms with Gasteiger partial charge in [-0.15, -0.1) is 0 Å². The predicted molar refractivity (Wildman–Crippen MR) is 124 cm³/mol. The van der Waals surface area contributed by atoms with Crippen molar-refractivity contribution in [2.45, 2.75) is 0 Å². The number of piperazine rings is 1. The van der Waals surface area contributed by atoms with Crippen LogP contribution in [0.1, 0.15) is 5.56 Å². The first-order valence-corrected chi connectivity index (χ1v) is 10.5. The fourth-order valence-electron chi connectivity index (χ4n) is 4.50. The number of nitrogens with one attached hydrogen (secondary N) is 1. The summed E-state index contributed by atoms with van der Waals surface area (Å²) in [6, 6.07) is 16.0. The van der Waals surface area contributed by atoms with E-state index < -0.39 is 0 Å². The monoisotopic (exact) mass is 410 g/mol. The maximum absolute atomic E-state index is 12.8. The van der Waals surface area contributed by atoms with Crippen LogP contribution in [0.3, 0.4) is 0 Å². The zero-order valence-electron chi connectivity index (χ0n) is 17.2. The summed E-state index contributed by atoms with van der Waals surface area (Å²) >= 11 is 0. The number of hydrogen-bond donors (Lipinski definition) is 1. The minimum atomic E-state index is -0.158. The minimum Gasteiger partial charge on any atom is -0.354 e. The standard InChI is InChI=1S/C24H22N6O/c1-28-10-12-29(13-11-28)21-9-8-16(14-25-21)18-5-3-7-20-22(18)26-15-17-4-2-6-19-23(17)30(20)24(31)27-19/h2-9,14-15H,10-13H2,1H3,(H,27,31). The molecule has 0 saturated carbocycles. The lowest BCUT2D eigenvalue weighted by Gasteiger charge is -2.33. The van der Waals surface area contributed by atoms with E-state index in [1.807, 2.05) is 48.8 Å². The number of likely N-dealkylation sites (N-methyl/N-ethyl adjacent to an activating group) is 1. The van der Waals surface area contributed by atoms with E-state index in [4.69, 9.17) is 9.98 Å². The molecule has 0 aliphatic carbocycles. The third-order valence-electron chi connectivity index (χ3n) is 6.21. The molecule has 0 amide bonds. The number of pyridine rings is 1. The summed E-state index contributed by atoms with van der Waals surface area (Å²) in [5.74, 6) is 0.998. The van der Waals surface area contributed by atoms with E-state index in [0.717, 1.165) is 71.1 Å². The van der Waals surface area contributed by atoms with Crippen molar-refractivity contribution in [3.05, 3.63) is 70.8 Å². The molecule has 6 rings (SSSR count). The molecule has 2 aromatic carbocycles.